The second kappa shape index (κ2) is 9.03. The summed E-state index contributed by atoms with van der Waals surface area (Å²) in [6.45, 7) is 2.75. The van der Waals surface area contributed by atoms with E-state index >= 15 is 0 Å². The smallest absolute Gasteiger partial charge is 0.270 e. The molecule has 2 aromatic carbocycles. The van der Waals surface area contributed by atoms with Crippen molar-refractivity contribution in [1.29, 1.82) is 0 Å². The first-order valence-electron chi connectivity index (χ1n) is 9.20. The quantitative estimate of drug-likeness (QED) is 0.568. The zero-order valence-corrected chi connectivity index (χ0v) is 16.4. The lowest BCUT2D eigenvalue weighted by Crippen LogP contribution is -2.39. The lowest BCUT2D eigenvalue weighted by atomic mass is 10.0. The summed E-state index contributed by atoms with van der Waals surface area (Å²) in [5, 5.41) is 17.7. The van der Waals surface area contributed by atoms with Gasteiger partial charge in [0.15, 0.2) is 0 Å². The van der Waals surface area contributed by atoms with E-state index in [2.05, 4.69) is 15.5 Å². The number of carbonyl (C=O) groups excluding carboxylic acids is 1. The molecule has 1 aliphatic rings. The maximum Gasteiger partial charge on any atom is 0.270 e. The minimum atomic E-state index is -0.495. The maximum absolute atomic E-state index is 12.1. The summed E-state index contributed by atoms with van der Waals surface area (Å²) in [7, 11) is 1.51. The number of likely N-dealkylation sites (tertiary alicyclic amines) is 1. The van der Waals surface area contributed by atoms with Crippen LogP contribution < -0.4 is 10.6 Å². The number of halogens is 1. The van der Waals surface area contributed by atoms with Crippen molar-refractivity contribution in [2.45, 2.75) is 25.4 Å². The normalized spacial score (nSPS) is 15.2. The summed E-state index contributed by atoms with van der Waals surface area (Å²) in [6.07, 6.45) is 1.86. The molecule has 1 saturated heterocycles. The van der Waals surface area contributed by atoms with E-state index < -0.39 is 4.92 Å². The number of piperidine rings is 1. The van der Waals surface area contributed by atoms with Crippen LogP contribution in [0.4, 0.5) is 11.4 Å². The second-order valence-electron chi connectivity index (χ2n) is 6.89. The molecular formula is C20H23ClN4O3. The number of nitro benzene ring substituents is 1. The Morgan fingerprint density at radius 2 is 1.89 bits per heavy atom. The van der Waals surface area contributed by atoms with Gasteiger partial charge in [-0.15, -0.1) is 0 Å². The number of benzene rings is 2. The zero-order chi connectivity index (χ0) is 20.1. The topological polar surface area (TPSA) is 87.5 Å². The molecule has 1 amide bonds. The molecule has 0 aliphatic carbocycles. The molecule has 0 radical (unpaired) electrons. The number of nitro groups is 1. The minimum absolute atomic E-state index is 0.0954. The number of nitrogens with zero attached hydrogens (tertiary/aromatic N) is 2. The lowest BCUT2D eigenvalue weighted by molar-refractivity contribution is -0.384. The van der Waals surface area contributed by atoms with E-state index in [1.54, 1.807) is 6.07 Å². The van der Waals surface area contributed by atoms with Gasteiger partial charge in [0.05, 0.1) is 10.5 Å². The second-order valence-corrected chi connectivity index (χ2v) is 7.32. The molecule has 1 aliphatic heterocycles. The van der Waals surface area contributed by atoms with Crippen LogP contribution in [0.15, 0.2) is 42.5 Å². The van der Waals surface area contributed by atoms with E-state index in [-0.39, 0.29) is 17.6 Å². The van der Waals surface area contributed by atoms with Crippen molar-refractivity contribution < 1.29 is 9.72 Å². The number of hydrogen-bond acceptors (Lipinski definition) is 5. The van der Waals surface area contributed by atoms with E-state index in [1.807, 2.05) is 24.3 Å². The number of non-ortho nitro benzene ring substituents is 1. The van der Waals surface area contributed by atoms with Gasteiger partial charge in [0.1, 0.15) is 0 Å². The van der Waals surface area contributed by atoms with Crippen LogP contribution in [-0.4, -0.2) is 41.9 Å². The van der Waals surface area contributed by atoms with Crippen molar-refractivity contribution in [3.05, 3.63) is 68.7 Å². The van der Waals surface area contributed by atoms with Crippen LogP contribution >= 0.6 is 11.6 Å². The number of amides is 1. The molecule has 0 bridgehead atoms. The number of nitrogens with one attached hydrogen (secondary N) is 2. The third kappa shape index (κ3) is 4.99. The fourth-order valence-electron chi connectivity index (χ4n) is 3.40. The van der Waals surface area contributed by atoms with Gasteiger partial charge in [0.25, 0.3) is 11.6 Å². The molecule has 0 spiro atoms. The molecule has 28 heavy (non-hydrogen) atoms. The van der Waals surface area contributed by atoms with Crippen LogP contribution in [0.2, 0.25) is 5.02 Å². The molecule has 7 nitrogen and oxygen atoms in total. The molecule has 0 aromatic heterocycles. The molecule has 148 valence electrons. The summed E-state index contributed by atoms with van der Waals surface area (Å²) in [4.78, 5) is 25.0. The first kappa shape index (κ1) is 20.1. The van der Waals surface area contributed by atoms with Gasteiger partial charge in [-0.05, 0) is 36.6 Å². The van der Waals surface area contributed by atoms with Gasteiger partial charge >= 0.3 is 0 Å². The van der Waals surface area contributed by atoms with Gasteiger partial charge in [-0.2, -0.15) is 0 Å². The highest BCUT2D eigenvalue weighted by Gasteiger charge is 2.22. The van der Waals surface area contributed by atoms with Crippen LogP contribution in [0, 0.1) is 10.1 Å². The Morgan fingerprint density at radius 3 is 2.50 bits per heavy atom. The fraction of sp³-hybridized carbons (Fsp3) is 0.350. The van der Waals surface area contributed by atoms with Gasteiger partial charge in [-0.1, -0.05) is 23.7 Å². The van der Waals surface area contributed by atoms with Crippen molar-refractivity contribution in [1.82, 2.24) is 10.2 Å². The highest BCUT2D eigenvalue weighted by Crippen LogP contribution is 2.25. The van der Waals surface area contributed by atoms with Gasteiger partial charge in [0, 0.05) is 55.6 Å². The van der Waals surface area contributed by atoms with E-state index in [4.69, 9.17) is 11.6 Å². The first-order chi connectivity index (χ1) is 13.5. The predicted molar refractivity (Wildman–Crippen MR) is 110 cm³/mol. The average molecular weight is 403 g/mol. The Balaban J connectivity index is 1.61. The number of rotatable bonds is 6. The molecular weight excluding hydrogens is 380 g/mol. The molecule has 0 unspecified atom stereocenters. The molecule has 1 heterocycles. The summed E-state index contributed by atoms with van der Waals surface area (Å²) in [5.41, 5.74) is 2.05. The Hall–Kier alpha value is -2.64. The van der Waals surface area contributed by atoms with Crippen LogP contribution in [-0.2, 0) is 6.54 Å². The minimum Gasteiger partial charge on any atom is -0.382 e. The monoisotopic (exact) mass is 402 g/mol. The van der Waals surface area contributed by atoms with Gasteiger partial charge in [-0.25, -0.2) is 0 Å². The summed E-state index contributed by atoms with van der Waals surface area (Å²) < 4.78 is 0. The first-order valence-corrected chi connectivity index (χ1v) is 9.58. The largest absolute Gasteiger partial charge is 0.382 e. The van der Waals surface area contributed by atoms with E-state index in [9.17, 15) is 14.9 Å². The van der Waals surface area contributed by atoms with E-state index in [0.29, 0.717) is 11.3 Å². The fourth-order valence-corrected chi connectivity index (χ4v) is 3.52. The molecule has 2 N–H and O–H groups in total. The van der Waals surface area contributed by atoms with E-state index in [1.165, 1.54) is 24.7 Å². The highest BCUT2D eigenvalue weighted by molar-refractivity contribution is 6.30. The van der Waals surface area contributed by atoms with Crippen molar-refractivity contribution in [3.63, 3.8) is 0 Å². The van der Waals surface area contributed by atoms with Crippen LogP contribution in [0.25, 0.3) is 0 Å². The Bertz CT molecular complexity index is 849. The van der Waals surface area contributed by atoms with Gasteiger partial charge in [-0.3, -0.25) is 19.8 Å². The van der Waals surface area contributed by atoms with Crippen LogP contribution in [0.3, 0.4) is 0 Å². The third-order valence-electron chi connectivity index (χ3n) is 4.95. The third-order valence-corrected chi connectivity index (χ3v) is 5.20. The van der Waals surface area contributed by atoms with E-state index in [0.717, 1.165) is 37.5 Å². The Morgan fingerprint density at radius 1 is 1.21 bits per heavy atom. The summed E-state index contributed by atoms with van der Waals surface area (Å²) in [5.74, 6) is -0.341. The standard InChI is InChI=1S/C20H23ClN4O3/c1-22-20(26)18-12-17(25(27)28)6-7-19(18)23-16-8-10-24(11-9-16)13-14-2-4-15(21)5-3-14/h2-7,12,16,23H,8-11,13H2,1H3,(H,22,26). The van der Waals surface area contributed by atoms with Crippen molar-refractivity contribution in [2.75, 3.05) is 25.5 Å². The molecule has 0 saturated carbocycles. The molecule has 8 heteroatoms. The lowest BCUT2D eigenvalue weighted by Gasteiger charge is -2.33. The van der Waals surface area contributed by atoms with Crippen LogP contribution in [0.1, 0.15) is 28.8 Å². The van der Waals surface area contributed by atoms with Crippen molar-refractivity contribution >= 4 is 28.9 Å². The number of anilines is 1. The SMILES string of the molecule is CNC(=O)c1cc([N+](=O)[O-])ccc1NC1CCN(Cc2ccc(Cl)cc2)CC1. The van der Waals surface area contributed by atoms with Crippen molar-refractivity contribution in [2.24, 2.45) is 0 Å². The van der Waals surface area contributed by atoms with Gasteiger partial charge < -0.3 is 10.6 Å². The van der Waals surface area contributed by atoms with Crippen LogP contribution in [0.5, 0.6) is 0 Å². The maximum atomic E-state index is 12.1. The molecule has 3 rings (SSSR count). The number of carbonyl (C=O) groups is 1. The van der Waals surface area contributed by atoms with Crippen molar-refractivity contribution in [3.8, 4) is 0 Å². The summed E-state index contributed by atoms with van der Waals surface area (Å²) in [6, 6.07) is 12.5. The average Bonchev–Trinajstić information content (AvgIpc) is 2.70. The highest BCUT2D eigenvalue weighted by atomic mass is 35.5. The Labute approximate surface area is 168 Å². The zero-order valence-electron chi connectivity index (χ0n) is 15.7. The Kier molecular flexibility index (Phi) is 6.49. The molecule has 1 fully saturated rings. The summed E-state index contributed by atoms with van der Waals surface area (Å²) >= 11 is 5.94. The number of hydrogen-bond donors (Lipinski definition) is 2. The molecule has 2 aromatic rings. The molecule has 0 atom stereocenters. The predicted octanol–water partition coefficient (Wildman–Crippen LogP) is 3.68. The van der Waals surface area contributed by atoms with Gasteiger partial charge in [0.2, 0.25) is 0 Å².